The number of aliphatic hydroxyl groups excluding tert-OH is 6. The number of piperazine rings is 2. The lowest BCUT2D eigenvalue weighted by Gasteiger charge is -2.42. The van der Waals surface area contributed by atoms with Gasteiger partial charge in [0.25, 0.3) is 0 Å². The van der Waals surface area contributed by atoms with Crippen LogP contribution in [0.4, 0.5) is 26.3 Å². The standard InChI is InChI=1S/C13H23F3N2O2.C13H22F3NO2.C13H25NO2.2C12H24N2O2.C12H23NO2.C12H21NO.4C2H6.2CH4/c1-12(2,3)9(8-19)11(20)18-6-5-17(4)10(7-18)13(14,15)16;1-12(2,3)10(8-18)11(19)17-6-4-5-9(7-17)13(14,15)16;1-13(2,3)11(9-15)12(16)14-10-7-5-4-6-8-10;1-12(2,3)10(9-15)11(16)14-7-5-13(4)6-8-14;1-12(2,3)10(9-15)11(16)13-14-7-5-4-6-8-14;1-12(2,3)10(9-14)11(15)13-7-5-4-6-8-13;1-10(12(2,3)4)11(14)13-8-6-5-7-9-13;4*1-2;;/h9-10,19H,5-8H2,1-4H3;9-10,18H,4-8H2,1-3H3;10-11,15H,4-9H2,1-3H3,(H,14,16);10,15H,5-9H2,1-4H3;10,15H,4-9H2,1-3H3,(H,13,16);10,14H,4-9H2,1-3H3;1,5-9H2,2-4H3;4*1-2H3;2*1H4. The van der Waals surface area contributed by atoms with Crippen LogP contribution >= 0.6 is 0 Å². The summed E-state index contributed by atoms with van der Waals surface area (Å²) in [4.78, 5) is 96.6. The Kier molecular flexibility index (Phi) is 67.2. The van der Waals surface area contributed by atoms with Crippen LogP contribution in [-0.4, -0.2) is 288 Å². The van der Waals surface area contributed by atoms with Crippen molar-refractivity contribution >= 4 is 41.4 Å². The lowest BCUT2D eigenvalue weighted by Crippen LogP contribution is -2.60. The summed E-state index contributed by atoms with van der Waals surface area (Å²) in [7, 11) is 3.47. The number of amides is 7. The zero-order valence-corrected chi connectivity index (χ0v) is 84.0. The van der Waals surface area contributed by atoms with E-state index in [-0.39, 0.29) is 173 Å². The molecule has 126 heavy (non-hydrogen) atoms. The second kappa shape index (κ2) is 64.2. The van der Waals surface area contributed by atoms with Crippen LogP contribution in [0.1, 0.15) is 318 Å². The summed E-state index contributed by atoms with van der Waals surface area (Å²) >= 11 is 0. The molecule has 0 radical (unpaired) electrons. The maximum atomic E-state index is 12.9. The lowest BCUT2D eigenvalue weighted by molar-refractivity contribution is -0.195. The molecule has 0 aromatic carbocycles. The molecule has 0 bridgehead atoms. The van der Waals surface area contributed by atoms with Crippen molar-refractivity contribution < 1.29 is 90.5 Å². The highest BCUT2D eigenvalue weighted by Gasteiger charge is 2.49. The topological polar surface area (TPSA) is 291 Å². The van der Waals surface area contributed by atoms with Gasteiger partial charge >= 0.3 is 12.4 Å². The summed E-state index contributed by atoms with van der Waals surface area (Å²) in [6.07, 6.45) is 8.22. The number of piperidine rings is 4. The molecule has 7 fully saturated rings. The van der Waals surface area contributed by atoms with E-state index >= 15 is 0 Å². The van der Waals surface area contributed by atoms with E-state index in [9.17, 15) is 90.5 Å². The van der Waals surface area contributed by atoms with Gasteiger partial charge < -0.3 is 65.4 Å². The van der Waals surface area contributed by atoms with Crippen molar-refractivity contribution in [1.82, 2.24) is 50.1 Å². The van der Waals surface area contributed by atoms with Gasteiger partial charge in [0.1, 0.15) is 6.04 Å². The van der Waals surface area contributed by atoms with Crippen molar-refractivity contribution in [3.63, 3.8) is 0 Å². The van der Waals surface area contributed by atoms with Crippen LogP contribution < -0.4 is 10.7 Å². The Bertz CT molecular complexity index is 2860. The van der Waals surface area contributed by atoms with Gasteiger partial charge in [-0.15, -0.1) is 0 Å². The smallest absolute Gasteiger partial charge is 0.396 e. The number of carbonyl (C=O) groups is 7. The number of hydrogen-bond acceptors (Lipinski definition) is 16. The van der Waals surface area contributed by atoms with E-state index in [1.54, 1.807) is 41.5 Å². The second-order valence-corrected chi connectivity index (χ2v) is 40.6. The number of carbonyl (C=O) groups excluding carboxylic acids is 7. The fourth-order valence-electron chi connectivity index (χ4n) is 14.7. The van der Waals surface area contributed by atoms with Crippen LogP contribution in [-0.2, 0) is 33.6 Å². The van der Waals surface area contributed by atoms with E-state index in [4.69, 9.17) is 0 Å². The number of rotatable bonds is 15. The third-order valence-electron chi connectivity index (χ3n) is 23.6. The molecule has 8 unspecified atom stereocenters. The van der Waals surface area contributed by atoms with E-state index in [0.717, 1.165) is 122 Å². The molecule has 0 aromatic rings. The number of halogens is 6. The second-order valence-electron chi connectivity index (χ2n) is 40.6. The van der Waals surface area contributed by atoms with Crippen LogP contribution in [0, 0.1) is 79.3 Å². The van der Waals surface area contributed by atoms with Crippen LogP contribution in [0.5, 0.6) is 0 Å². The van der Waals surface area contributed by atoms with E-state index in [1.807, 2.05) is 179 Å². The van der Waals surface area contributed by atoms with Gasteiger partial charge in [0, 0.05) is 110 Å². The van der Waals surface area contributed by atoms with Gasteiger partial charge in [-0.1, -0.05) is 248 Å². The molecule has 1 aliphatic carbocycles. The molecule has 7 aliphatic rings. The number of hydrogen-bond donors (Lipinski definition) is 8. The molecule has 8 atom stereocenters. The summed E-state index contributed by atoms with van der Waals surface area (Å²) in [5.74, 6) is -4.38. The summed E-state index contributed by atoms with van der Waals surface area (Å²) in [6.45, 7) is 68.7. The predicted molar refractivity (Wildman–Crippen MR) is 506 cm³/mol. The summed E-state index contributed by atoms with van der Waals surface area (Å²) in [6, 6.07) is -1.31. The van der Waals surface area contributed by atoms with Gasteiger partial charge in [0.05, 0.1) is 81.1 Å². The fourth-order valence-corrected chi connectivity index (χ4v) is 14.7. The minimum atomic E-state index is -4.36. The normalized spacial score (nSPS) is 19.8. The molecular weight excluding hydrogens is 1630 g/mol. The van der Waals surface area contributed by atoms with Crippen molar-refractivity contribution in [2.75, 3.05) is 152 Å². The number of nitrogens with one attached hydrogen (secondary N) is 2. The summed E-state index contributed by atoms with van der Waals surface area (Å²) < 4.78 is 76.9. The number of nitrogens with zero attached hydrogens (tertiary/aromatic N) is 8. The average Bonchev–Trinajstić information content (AvgIpc) is 0.843. The van der Waals surface area contributed by atoms with Crippen molar-refractivity contribution in [3.05, 3.63) is 12.2 Å². The number of alkyl halides is 6. The quantitative estimate of drug-likeness (QED) is 0.0558. The Morgan fingerprint density at radius 2 is 0.627 bits per heavy atom. The van der Waals surface area contributed by atoms with Gasteiger partial charge in [-0.25, -0.2) is 5.01 Å². The molecule has 752 valence electrons. The minimum Gasteiger partial charge on any atom is -0.396 e. The van der Waals surface area contributed by atoms with E-state index in [0.29, 0.717) is 19.0 Å². The Morgan fingerprint density at radius 3 is 0.944 bits per heavy atom. The summed E-state index contributed by atoms with van der Waals surface area (Å²) in [5.41, 5.74) is 1.91. The van der Waals surface area contributed by atoms with Crippen LogP contribution in [0.15, 0.2) is 12.2 Å². The molecule has 7 rings (SSSR count). The van der Waals surface area contributed by atoms with E-state index in [1.165, 1.54) is 60.3 Å². The Labute approximate surface area is 764 Å². The van der Waals surface area contributed by atoms with Crippen LogP contribution in [0.25, 0.3) is 0 Å². The molecule has 0 spiro atoms. The van der Waals surface area contributed by atoms with Gasteiger partial charge in [0.15, 0.2) is 0 Å². The SMILES string of the molecule is C.C.C=C(C(=O)N1CCCCC1)C(C)(C)C.CC.CC.CC.CC.CC(C)(C)C(CO)C(=O)N1CCCC(C(F)(F)F)C1.CC(C)(C)C(CO)C(=O)N1CCCCC1.CC(C)(C)C(CO)C(=O)NC1CCCCC1.CC(C)(C)C(CO)C(=O)NN1CCCCC1.CN1CCN(C(=O)C(CO)C(C)(C)C)CC1.CN1CCN(C(=O)C(CO)C(C)(C)C)CC1C(F)(F)F. The first-order valence-corrected chi connectivity index (χ1v) is 46.9. The van der Waals surface area contributed by atoms with Gasteiger partial charge in [-0.2, -0.15) is 26.3 Å². The number of aliphatic hydroxyl groups is 6. The Hall–Kier alpha value is -4.75. The highest BCUT2D eigenvalue weighted by Crippen LogP contribution is 2.38. The van der Waals surface area contributed by atoms with E-state index in [2.05, 4.69) is 29.3 Å². The lowest BCUT2D eigenvalue weighted by atomic mass is 9.80. The molecule has 8 N–H and O–H groups in total. The first-order valence-electron chi connectivity index (χ1n) is 46.9. The summed E-state index contributed by atoms with van der Waals surface area (Å²) in [5, 5.41) is 61.0. The largest absolute Gasteiger partial charge is 0.405 e. The van der Waals surface area contributed by atoms with Crippen molar-refractivity contribution in [2.45, 2.75) is 343 Å². The molecule has 6 heterocycles. The molecule has 29 heteroatoms. The molecule has 7 amide bonds. The molecular formula is C97H194F6N10O13. The minimum absolute atomic E-state index is 0. The first-order chi connectivity index (χ1) is 57.2. The van der Waals surface area contributed by atoms with Gasteiger partial charge in [-0.05, 0) is 129 Å². The number of likely N-dealkylation sites (N-methyl/N-ethyl adjacent to an activating group) is 2. The average molecular weight is 1820 g/mol. The zero-order valence-electron chi connectivity index (χ0n) is 84.0. The fraction of sp³-hybridized carbons (Fsp3) is 0.907. The zero-order chi connectivity index (χ0) is 97.5. The first kappa shape index (κ1) is 132. The number of hydrazine groups is 1. The predicted octanol–water partition coefficient (Wildman–Crippen LogP) is 17.1. The van der Waals surface area contributed by atoms with Crippen molar-refractivity contribution in [2.24, 2.45) is 79.3 Å². The molecule has 0 aromatic heterocycles. The third kappa shape index (κ3) is 50.2. The Morgan fingerprint density at radius 1 is 0.341 bits per heavy atom. The highest BCUT2D eigenvalue weighted by atomic mass is 19.4. The number of likely N-dealkylation sites (tertiary alicyclic amines) is 3. The third-order valence-corrected chi connectivity index (χ3v) is 23.6. The van der Waals surface area contributed by atoms with Gasteiger partial charge in [0.2, 0.25) is 41.4 Å². The monoisotopic (exact) mass is 1820 g/mol. The van der Waals surface area contributed by atoms with Crippen LogP contribution in [0.2, 0.25) is 0 Å². The molecule has 1 saturated carbocycles. The van der Waals surface area contributed by atoms with Gasteiger partial charge in [-0.3, -0.25) is 43.9 Å². The van der Waals surface area contributed by atoms with E-state index < -0.39 is 52.9 Å². The highest BCUT2D eigenvalue weighted by molar-refractivity contribution is 5.94. The Balaban J connectivity index is -0.000000329. The van der Waals surface area contributed by atoms with Crippen molar-refractivity contribution in [3.8, 4) is 0 Å². The molecule has 6 saturated heterocycles. The van der Waals surface area contributed by atoms with Crippen molar-refractivity contribution in [1.29, 1.82) is 0 Å². The molecule has 23 nitrogen and oxygen atoms in total. The molecule has 6 aliphatic heterocycles. The maximum absolute atomic E-state index is 12.9. The maximum Gasteiger partial charge on any atom is 0.405 e. The van der Waals surface area contributed by atoms with Crippen LogP contribution in [0.3, 0.4) is 0 Å².